The van der Waals surface area contributed by atoms with E-state index >= 15 is 0 Å². The molecular formula is C26H32FN7. The standard InChI is InChI=1S/C26H32FN7/c1-19(20-3-5-21(27)6-4-20)13-25-30-22(14-23-16-28-7-8-29-23)15-26(31-25)34-17-24(18-34)33-11-9-32(2)10-12-33/h3-8,15-16,19,24H,9-14,17-18H2,1-2H3/t19-/m1/s1. The molecule has 7 nitrogen and oxygen atoms in total. The summed E-state index contributed by atoms with van der Waals surface area (Å²) >= 11 is 0. The maximum absolute atomic E-state index is 13.4. The second-order valence-corrected chi connectivity index (χ2v) is 9.56. The SMILES string of the molecule is C[C@H](Cc1nc(Cc2cnccn2)cc(N2CC(N3CCN(C)CC3)C2)n1)c1ccc(F)cc1. The quantitative estimate of drug-likeness (QED) is 0.536. The fraction of sp³-hybridized carbons (Fsp3) is 0.462. The average molecular weight is 462 g/mol. The Morgan fingerprint density at radius 1 is 1.00 bits per heavy atom. The Balaban J connectivity index is 1.33. The fourth-order valence-corrected chi connectivity index (χ4v) is 4.73. The highest BCUT2D eigenvalue weighted by Gasteiger charge is 2.34. The first kappa shape index (κ1) is 22.8. The van der Waals surface area contributed by atoms with Crippen molar-refractivity contribution in [2.75, 3.05) is 51.2 Å². The summed E-state index contributed by atoms with van der Waals surface area (Å²) in [6.45, 7) is 8.68. The number of rotatable bonds is 7. The molecule has 0 radical (unpaired) electrons. The van der Waals surface area contributed by atoms with Crippen molar-refractivity contribution >= 4 is 5.82 Å². The molecule has 4 heterocycles. The van der Waals surface area contributed by atoms with Gasteiger partial charge in [0.1, 0.15) is 17.5 Å². The summed E-state index contributed by atoms with van der Waals surface area (Å²) in [5.41, 5.74) is 2.93. The molecule has 1 atom stereocenters. The van der Waals surface area contributed by atoms with Gasteiger partial charge < -0.3 is 9.80 Å². The Morgan fingerprint density at radius 3 is 2.47 bits per heavy atom. The Bertz CT molecular complexity index is 1080. The number of nitrogens with zero attached hydrogens (tertiary/aromatic N) is 7. The van der Waals surface area contributed by atoms with Crippen LogP contribution in [0.4, 0.5) is 10.2 Å². The van der Waals surface area contributed by atoms with E-state index in [0.717, 1.165) is 67.9 Å². The number of halogens is 1. The summed E-state index contributed by atoms with van der Waals surface area (Å²) in [5.74, 6) is 1.78. The molecule has 3 aromatic rings. The van der Waals surface area contributed by atoms with Crippen molar-refractivity contribution in [3.8, 4) is 0 Å². The van der Waals surface area contributed by atoms with Crippen molar-refractivity contribution in [1.82, 2.24) is 29.7 Å². The van der Waals surface area contributed by atoms with E-state index in [-0.39, 0.29) is 11.7 Å². The lowest BCUT2D eigenvalue weighted by molar-refractivity contribution is 0.0960. The van der Waals surface area contributed by atoms with E-state index in [4.69, 9.17) is 9.97 Å². The lowest BCUT2D eigenvalue weighted by Gasteiger charge is -2.48. The third-order valence-electron chi connectivity index (χ3n) is 6.96. The van der Waals surface area contributed by atoms with Gasteiger partial charge >= 0.3 is 0 Å². The molecule has 2 saturated heterocycles. The average Bonchev–Trinajstić information content (AvgIpc) is 2.80. The number of hydrogen-bond donors (Lipinski definition) is 0. The van der Waals surface area contributed by atoms with E-state index < -0.39 is 0 Å². The number of hydrogen-bond acceptors (Lipinski definition) is 7. The Labute approximate surface area is 200 Å². The molecule has 2 aliphatic heterocycles. The zero-order chi connectivity index (χ0) is 23.5. The minimum absolute atomic E-state index is 0.190. The van der Waals surface area contributed by atoms with Gasteiger partial charge in [-0.2, -0.15) is 0 Å². The third kappa shape index (κ3) is 5.39. The molecule has 0 bridgehead atoms. The first-order valence-electron chi connectivity index (χ1n) is 12.1. The number of likely N-dealkylation sites (N-methyl/N-ethyl adjacent to an activating group) is 1. The highest BCUT2D eigenvalue weighted by molar-refractivity contribution is 5.44. The van der Waals surface area contributed by atoms with E-state index in [2.05, 4.69) is 44.7 Å². The van der Waals surface area contributed by atoms with E-state index in [1.807, 2.05) is 12.1 Å². The lowest BCUT2D eigenvalue weighted by Crippen LogP contribution is -2.63. The number of benzene rings is 1. The summed E-state index contributed by atoms with van der Waals surface area (Å²) in [4.78, 5) is 25.8. The van der Waals surface area contributed by atoms with E-state index in [1.54, 1.807) is 18.6 Å². The van der Waals surface area contributed by atoms with Crippen LogP contribution in [0.5, 0.6) is 0 Å². The number of anilines is 1. The topological polar surface area (TPSA) is 61.3 Å². The first-order chi connectivity index (χ1) is 16.5. The first-order valence-corrected chi connectivity index (χ1v) is 12.1. The Morgan fingerprint density at radius 2 is 1.76 bits per heavy atom. The van der Waals surface area contributed by atoms with Crippen LogP contribution in [0, 0.1) is 5.82 Å². The van der Waals surface area contributed by atoms with Gasteiger partial charge in [-0.1, -0.05) is 19.1 Å². The van der Waals surface area contributed by atoms with Crippen LogP contribution in [0.2, 0.25) is 0 Å². The molecule has 0 amide bonds. The van der Waals surface area contributed by atoms with E-state index in [9.17, 15) is 4.39 Å². The van der Waals surface area contributed by atoms with Crippen LogP contribution < -0.4 is 4.90 Å². The van der Waals surface area contributed by atoms with Gasteiger partial charge in [0, 0.05) is 82.8 Å². The number of piperazine rings is 1. The van der Waals surface area contributed by atoms with Crippen LogP contribution in [0.25, 0.3) is 0 Å². The van der Waals surface area contributed by atoms with Crippen LogP contribution in [-0.2, 0) is 12.8 Å². The Hall–Kier alpha value is -2.97. The van der Waals surface area contributed by atoms with Crippen LogP contribution in [0.15, 0.2) is 48.9 Å². The molecule has 178 valence electrons. The van der Waals surface area contributed by atoms with Gasteiger partial charge in [-0.15, -0.1) is 0 Å². The molecule has 0 N–H and O–H groups in total. The monoisotopic (exact) mass is 461 g/mol. The lowest BCUT2D eigenvalue weighted by atomic mass is 9.97. The van der Waals surface area contributed by atoms with Gasteiger partial charge in [0.15, 0.2) is 0 Å². The van der Waals surface area contributed by atoms with Crippen molar-refractivity contribution in [1.29, 1.82) is 0 Å². The summed E-state index contributed by atoms with van der Waals surface area (Å²) < 4.78 is 13.4. The molecule has 34 heavy (non-hydrogen) atoms. The predicted molar refractivity (Wildman–Crippen MR) is 130 cm³/mol. The Kier molecular flexibility index (Phi) is 6.78. The predicted octanol–water partition coefficient (Wildman–Crippen LogP) is 2.78. The minimum Gasteiger partial charge on any atom is -0.353 e. The molecular weight excluding hydrogens is 429 g/mol. The highest BCUT2D eigenvalue weighted by atomic mass is 19.1. The van der Waals surface area contributed by atoms with Crippen LogP contribution >= 0.6 is 0 Å². The maximum atomic E-state index is 13.4. The smallest absolute Gasteiger partial charge is 0.132 e. The van der Waals surface area contributed by atoms with Crippen molar-refractivity contribution in [3.63, 3.8) is 0 Å². The second kappa shape index (κ2) is 10.1. The molecule has 8 heteroatoms. The molecule has 2 aromatic heterocycles. The summed E-state index contributed by atoms with van der Waals surface area (Å²) in [6.07, 6.45) is 6.50. The molecule has 0 aliphatic carbocycles. The van der Waals surface area contributed by atoms with Crippen LogP contribution in [0.1, 0.15) is 35.6 Å². The number of aromatic nitrogens is 4. The molecule has 0 unspecified atom stereocenters. The van der Waals surface area contributed by atoms with Crippen molar-refractivity contribution in [2.45, 2.75) is 31.7 Å². The van der Waals surface area contributed by atoms with Gasteiger partial charge in [0.05, 0.1) is 11.4 Å². The fourth-order valence-electron chi connectivity index (χ4n) is 4.73. The van der Waals surface area contributed by atoms with Gasteiger partial charge in [-0.3, -0.25) is 14.9 Å². The largest absolute Gasteiger partial charge is 0.353 e. The zero-order valence-corrected chi connectivity index (χ0v) is 19.9. The van der Waals surface area contributed by atoms with Crippen molar-refractivity contribution in [2.24, 2.45) is 0 Å². The molecule has 2 aliphatic rings. The summed E-state index contributed by atoms with van der Waals surface area (Å²) in [7, 11) is 2.19. The minimum atomic E-state index is -0.215. The molecule has 0 spiro atoms. The van der Waals surface area contributed by atoms with Crippen molar-refractivity contribution < 1.29 is 4.39 Å². The van der Waals surface area contributed by atoms with Gasteiger partial charge in [0.25, 0.3) is 0 Å². The summed E-state index contributed by atoms with van der Waals surface area (Å²) in [5, 5.41) is 0. The van der Waals surface area contributed by atoms with Gasteiger partial charge in [-0.25, -0.2) is 14.4 Å². The molecule has 1 aromatic carbocycles. The third-order valence-corrected chi connectivity index (χ3v) is 6.96. The second-order valence-electron chi connectivity index (χ2n) is 9.56. The van der Waals surface area contributed by atoms with Crippen LogP contribution in [0.3, 0.4) is 0 Å². The molecule has 5 rings (SSSR count). The van der Waals surface area contributed by atoms with Gasteiger partial charge in [0.2, 0.25) is 0 Å². The van der Waals surface area contributed by atoms with Crippen molar-refractivity contribution in [3.05, 3.63) is 77.5 Å². The van der Waals surface area contributed by atoms with Crippen LogP contribution in [-0.4, -0.2) is 82.1 Å². The zero-order valence-electron chi connectivity index (χ0n) is 19.9. The maximum Gasteiger partial charge on any atom is 0.132 e. The van der Waals surface area contributed by atoms with E-state index in [1.165, 1.54) is 12.1 Å². The molecule has 0 saturated carbocycles. The highest BCUT2D eigenvalue weighted by Crippen LogP contribution is 2.26. The van der Waals surface area contributed by atoms with E-state index in [0.29, 0.717) is 18.9 Å². The summed E-state index contributed by atoms with van der Waals surface area (Å²) in [6, 6.07) is 9.41. The molecule has 2 fully saturated rings. The normalized spacial score (nSPS) is 18.6. The van der Waals surface area contributed by atoms with Gasteiger partial charge in [-0.05, 0) is 30.7 Å².